The summed E-state index contributed by atoms with van der Waals surface area (Å²) in [5.41, 5.74) is 3.11. The van der Waals surface area contributed by atoms with Crippen LogP contribution >= 0.6 is 0 Å². The maximum atomic E-state index is 12.8. The summed E-state index contributed by atoms with van der Waals surface area (Å²) in [7, 11) is -3.30. The highest BCUT2D eigenvalue weighted by atomic mass is 32.2. The molecule has 0 radical (unpaired) electrons. The Morgan fingerprint density at radius 3 is 2.65 bits per heavy atom. The Bertz CT molecular complexity index is 1290. The van der Waals surface area contributed by atoms with Gasteiger partial charge < -0.3 is 4.74 Å². The molecule has 1 N–H and O–H groups in total. The lowest BCUT2D eigenvalue weighted by Crippen LogP contribution is -2.26. The van der Waals surface area contributed by atoms with Gasteiger partial charge in [0.1, 0.15) is 5.60 Å². The number of sulfonamides is 1. The Morgan fingerprint density at radius 1 is 1.15 bits per heavy atom. The molecule has 1 unspecified atom stereocenters. The number of fused-ring (bicyclic) bond motifs is 1. The first-order valence-corrected chi connectivity index (χ1v) is 13.3. The van der Waals surface area contributed by atoms with E-state index in [4.69, 9.17) is 4.74 Å². The second-order valence-corrected chi connectivity index (χ2v) is 11.9. The van der Waals surface area contributed by atoms with Crippen LogP contribution in [0.15, 0.2) is 54.7 Å². The van der Waals surface area contributed by atoms with E-state index in [1.165, 1.54) is 0 Å². The Kier molecular flexibility index (Phi) is 6.73. The van der Waals surface area contributed by atoms with Crippen LogP contribution in [0.3, 0.4) is 0 Å². The second-order valence-electron chi connectivity index (χ2n) is 9.87. The third-order valence-corrected chi connectivity index (χ3v) is 7.37. The third-order valence-electron chi connectivity index (χ3n) is 6.06. The summed E-state index contributed by atoms with van der Waals surface area (Å²) in [6.07, 6.45) is 2.52. The van der Waals surface area contributed by atoms with Crippen LogP contribution in [-0.2, 0) is 21.3 Å². The Labute approximate surface area is 201 Å². The smallest absolute Gasteiger partial charge is 0.419 e. The largest absolute Gasteiger partial charge is 0.443 e. The molecule has 0 amide bonds. The molecule has 2 aromatic carbocycles. The number of nitrogens with one attached hydrogen (secondary N) is 1. The van der Waals surface area contributed by atoms with Crippen molar-refractivity contribution in [2.75, 3.05) is 23.6 Å². The molecule has 0 saturated carbocycles. The van der Waals surface area contributed by atoms with Crippen molar-refractivity contribution in [3.8, 4) is 0 Å². The number of hydrogen-bond acceptors (Lipinski definition) is 5. The van der Waals surface area contributed by atoms with Crippen molar-refractivity contribution in [1.82, 2.24) is 9.47 Å². The minimum Gasteiger partial charge on any atom is -0.443 e. The van der Waals surface area contributed by atoms with Crippen molar-refractivity contribution in [2.45, 2.75) is 52.2 Å². The van der Waals surface area contributed by atoms with E-state index in [2.05, 4.69) is 15.7 Å². The first kappa shape index (κ1) is 24.3. The Morgan fingerprint density at radius 2 is 1.91 bits per heavy atom. The Balaban J connectivity index is 1.50. The normalized spacial score (nSPS) is 17.2. The quantitative estimate of drug-likeness (QED) is 0.523. The fraction of sp³-hybridized carbons (Fsp3) is 0.423. The molecule has 4 rings (SSSR count). The number of rotatable bonds is 6. The van der Waals surface area contributed by atoms with Gasteiger partial charge in [-0.05, 0) is 75.9 Å². The lowest BCUT2D eigenvalue weighted by atomic mass is 9.98. The minimum atomic E-state index is -3.30. The summed E-state index contributed by atoms with van der Waals surface area (Å²) in [4.78, 5) is 15.2. The lowest BCUT2D eigenvalue weighted by molar-refractivity contribution is 0.0544. The monoisotopic (exact) mass is 483 g/mol. The van der Waals surface area contributed by atoms with Gasteiger partial charge in [-0.3, -0.25) is 14.2 Å². The van der Waals surface area contributed by atoms with Crippen molar-refractivity contribution < 1.29 is 17.9 Å². The molecule has 1 aliphatic rings. The number of benzene rings is 2. The first-order valence-electron chi connectivity index (χ1n) is 11.7. The molecule has 2 heterocycles. The zero-order valence-corrected chi connectivity index (χ0v) is 21.1. The number of para-hydroxylation sites is 1. The van der Waals surface area contributed by atoms with Crippen molar-refractivity contribution >= 4 is 32.7 Å². The van der Waals surface area contributed by atoms with Gasteiger partial charge in [-0.2, -0.15) is 0 Å². The third kappa shape index (κ3) is 5.62. The molecule has 34 heavy (non-hydrogen) atoms. The molecule has 182 valence electrons. The fourth-order valence-corrected chi connectivity index (χ4v) is 5.07. The van der Waals surface area contributed by atoms with Crippen LogP contribution in [-0.4, -0.2) is 48.4 Å². The molecule has 1 aliphatic heterocycles. The van der Waals surface area contributed by atoms with E-state index in [0.717, 1.165) is 48.1 Å². The summed E-state index contributed by atoms with van der Waals surface area (Å²) in [5.74, 6) is 0.371. The van der Waals surface area contributed by atoms with Crippen molar-refractivity contribution in [1.29, 1.82) is 0 Å². The first-order chi connectivity index (χ1) is 16.0. The molecule has 1 fully saturated rings. The fourth-order valence-electron chi connectivity index (χ4n) is 4.44. The van der Waals surface area contributed by atoms with E-state index in [1.807, 2.05) is 63.4 Å². The van der Waals surface area contributed by atoms with Crippen LogP contribution in [0, 0.1) is 0 Å². The molecule has 8 heteroatoms. The van der Waals surface area contributed by atoms with Crippen LogP contribution in [0.1, 0.15) is 51.2 Å². The second kappa shape index (κ2) is 9.43. The molecule has 1 aromatic heterocycles. The summed E-state index contributed by atoms with van der Waals surface area (Å²) >= 11 is 0. The predicted molar refractivity (Wildman–Crippen MR) is 136 cm³/mol. The van der Waals surface area contributed by atoms with Crippen molar-refractivity contribution in [3.63, 3.8) is 0 Å². The number of aromatic nitrogens is 1. The summed E-state index contributed by atoms with van der Waals surface area (Å²) < 4.78 is 33.7. The summed E-state index contributed by atoms with van der Waals surface area (Å²) in [6, 6.07) is 15.6. The van der Waals surface area contributed by atoms with Gasteiger partial charge in [-0.25, -0.2) is 13.2 Å². The summed E-state index contributed by atoms with van der Waals surface area (Å²) in [5, 5.41) is 1.05. The number of ether oxygens (including phenoxy) is 1. The van der Waals surface area contributed by atoms with Gasteiger partial charge in [0.05, 0.1) is 11.3 Å². The molecule has 0 spiro atoms. The van der Waals surface area contributed by atoms with E-state index in [1.54, 1.807) is 17.6 Å². The molecule has 0 aliphatic carbocycles. The molecule has 1 saturated heterocycles. The van der Waals surface area contributed by atoms with Gasteiger partial charge >= 0.3 is 6.09 Å². The maximum absolute atomic E-state index is 12.8. The van der Waals surface area contributed by atoms with E-state index < -0.39 is 15.6 Å². The topological polar surface area (TPSA) is 80.6 Å². The van der Waals surface area contributed by atoms with Crippen LogP contribution < -0.4 is 4.72 Å². The molecular weight excluding hydrogens is 450 g/mol. The van der Waals surface area contributed by atoms with Crippen LogP contribution in [0.5, 0.6) is 0 Å². The van der Waals surface area contributed by atoms with Crippen molar-refractivity contribution in [3.05, 3.63) is 65.9 Å². The Hall–Kier alpha value is -2.84. The number of hydrogen-bond donors (Lipinski definition) is 1. The molecule has 7 nitrogen and oxygen atoms in total. The average Bonchev–Trinajstić information content (AvgIpc) is 3.38. The maximum Gasteiger partial charge on any atom is 0.419 e. The average molecular weight is 484 g/mol. The SMILES string of the molecule is CCS(=O)(=O)Nc1cccc(C2CCN(Cc3cn(C(=O)OC(C)(C)C)c4ccccc34)C2)c1. The zero-order valence-electron chi connectivity index (χ0n) is 20.2. The van der Waals surface area contributed by atoms with E-state index >= 15 is 0 Å². The molecule has 3 aromatic rings. The number of anilines is 1. The lowest BCUT2D eigenvalue weighted by Gasteiger charge is -2.19. The number of carbonyl (C=O) groups is 1. The highest BCUT2D eigenvalue weighted by Crippen LogP contribution is 2.31. The van der Waals surface area contributed by atoms with Gasteiger partial charge in [-0.15, -0.1) is 0 Å². The van der Waals surface area contributed by atoms with Gasteiger partial charge in [0.15, 0.2) is 0 Å². The van der Waals surface area contributed by atoms with Gasteiger partial charge in [0.2, 0.25) is 10.0 Å². The highest BCUT2D eigenvalue weighted by molar-refractivity contribution is 7.92. The number of nitrogens with zero attached hydrogens (tertiary/aromatic N) is 2. The molecule has 1 atom stereocenters. The zero-order chi connectivity index (χ0) is 24.5. The van der Waals surface area contributed by atoms with E-state index in [-0.39, 0.29) is 11.8 Å². The van der Waals surface area contributed by atoms with Crippen LogP contribution in [0.4, 0.5) is 10.5 Å². The molecule has 0 bridgehead atoms. The standard InChI is InChI=1S/C26H33N3O4S/c1-5-34(31,32)27-22-10-8-9-19(15-22)20-13-14-28(16-20)17-21-18-29(25(30)33-26(2,3)4)24-12-7-6-11-23(21)24/h6-12,15,18,20,27H,5,13-14,16-17H2,1-4H3. The number of likely N-dealkylation sites (tertiary alicyclic amines) is 1. The van der Waals surface area contributed by atoms with Gasteiger partial charge in [0, 0.05) is 30.4 Å². The van der Waals surface area contributed by atoms with E-state index in [9.17, 15) is 13.2 Å². The predicted octanol–water partition coefficient (Wildman–Crippen LogP) is 5.18. The minimum absolute atomic E-state index is 0.0470. The summed E-state index contributed by atoms with van der Waals surface area (Å²) in [6.45, 7) is 9.76. The number of carbonyl (C=O) groups excluding carboxylic acids is 1. The van der Waals surface area contributed by atoms with Crippen molar-refractivity contribution in [2.24, 2.45) is 0 Å². The van der Waals surface area contributed by atoms with E-state index in [0.29, 0.717) is 11.6 Å². The van der Waals surface area contributed by atoms with Crippen LogP contribution in [0.25, 0.3) is 10.9 Å². The van der Waals surface area contributed by atoms with Gasteiger partial charge in [-0.1, -0.05) is 30.3 Å². The van der Waals surface area contributed by atoms with Gasteiger partial charge in [0.25, 0.3) is 0 Å². The van der Waals surface area contributed by atoms with Crippen LogP contribution in [0.2, 0.25) is 0 Å². The molecular formula is C26H33N3O4S. The highest BCUT2D eigenvalue weighted by Gasteiger charge is 2.26.